The van der Waals surface area contributed by atoms with E-state index in [9.17, 15) is 9.90 Å². The standard InChI is InChI=1S/C30H37ClN4O2/c1-5-10-34(11-6-2)18-20-13-25-26(31)16-23(17-27(25)33-28(32)14-20)21-7-8-24-22(15-21)9-12-35(29(24)36)19-30(3,4)37/h7-9,12-13,15-17,37H,5-6,10-11,14,18-19H2,1-4H3,(H2,32,33). The number of benzene rings is 2. The molecule has 0 amide bonds. The monoisotopic (exact) mass is 520 g/mol. The highest BCUT2D eigenvalue weighted by Crippen LogP contribution is 2.37. The largest absolute Gasteiger partial charge is 0.389 e. The summed E-state index contributed by atoms with van der Waals surface area (Å²) in [5.74, 6) is 0.581. The highest BCUT2D eigenvalue weighted by Gasteiger charge is 2.18. The van der Waals surface area contributed by atoms with Crippen molar-refractivity contribution in [3.63, 3.8) is 0 Å². The number of rotatable bonds is 9. The van der Waals surface area contributed by atoms with Gasteiger partial charge in [-0.3, -0.25) is 9.69 Å². The summed E-state index contributed by atoms with van der Waals surface area (Å²) in [6.45, 7) is 11.0. The number of aliphatic hydroxyl groups is 1. The number of amidine groups is 1. The topological polar surface area (TPSA) is 83.8 Å². The first kappa shape index (κ1) is 27.1. The molecule has 0 saturated carbocycles. The van der Waals surface area contributed by atoms with Crippen molar-refractivity contribution in [2.45, 2.75) is 59.1 Å². The Bertz CT molecular complexity index is 1410. The van der Waals surface area contributed by atoms with E-state index in [1.807, 2.05) is 36.4 Å². The van der Waals surface area contributed by atoms with E-state index in [0.717, 1.165) is 60.2 Å². The van der Waals surface area contributed by atoms with Gasteiger partial charge >= 0.3 is 0 Å². The van der Waals surface area contributed by atoms with Crippen LogP contribution in [0.4, 0.5) is 5.69 Å². The third-order valence-corrected chi connectivity index (χ3v) is 6.81. The van der Waals surface area contributed by atoms with Gasteiger partial charge in [-0.1, -0.05) is 37.6 Å². The van der Waals surface area contributed by atoms with Crippen LogP contribution in [-0.2, 0) is 6.54 Å². The summed E-state index contributed by atoms with van der Waals surface area (Å²) in [6, 6.07) is 11.6. The molecule has 6 nitrogen and oxygen atoms in total. The van der Waals surface area contributed by atoms with Crippen LogP contribution in [0, 0.1) is 0 Å². The third-order valence-electron chi connectivity index (χ3n) is 6.50. The van der Waals surface area contributed by atoms with Crippen LogP contribution in [0.2, 0.25) is 5.02 Å². The van der Waals surface area contributed by atoms with Gasteiger partial charge in [0.05, 0.1) is 22.9 Å². The molecule has 7 heteroatoms. The molecule has 196 valence electrons. The molecule has 0 bridgehead atoms. The Morgan fingerprint density at radius 1 is 1.11 bits per heavy atom. The zero-order valence-corrected chi connectivity index (χ0v) is 23.0. The van der Waals surface area contributed by atoms with Gasteiger partial charge in [-0.2, -0.15) is 0 Å². The van der Waals surface area contributed by atoms with Crippen molar-refractivity contribution in [2.75, 3.05) is 19.6 Å². The van der Waals surface area contributed by atoms with Gasteiger partial charge in [-0.05, 0) is 92.2 Å². The van der Waals surface area contributed by atoms with E-state index in [4.69, 9.17) is 22.3 Å². The Balaban J connectivity index is 1.70. The zero-order chi connectivity index (χ0) is 26.7. The van der Waals surface area contributed by atoms with Gasteiger partial charge < -0.3 is 15.4 Å². The highest BCUT2D eigenvalue weighted by atomic mass is 35.5. The second-order valence-corrected chi connectivity index (χ2v) is 11.0. The molecule has 0 unspecified atom stereocenters. The maximum absolute atomic E-state index is 13.0. The maximum Gasteiger partial charge on any atom is 0.258 e. The summed E-state index contributed by atoms with van der Waals surface area (Å²) in [7, 11) is 0. The fraction of sp³-hybridized carbons (Fsp3) is 0.400. The van der Waals surface area contributed by atoms with Crippen molar-refractivity contribution in [1.29, 1.82) is 0 Å². The minimum atomic E-state index is -0.975. The molecule has 37 heavy (non-hydrogen) atoms. The number of pyridine rings is 1. The minimum absolute atomic E-state index is 0.124. The van der Waals surface area contributed by atoms with Crippen LogP contribution < -0.4 is 11.3 Å². The molecular weight excluding hydrogens is 484 g/mol. The van der Waals surface area contributed by atoms with Gasteiger partial charge in [0, 0.05) is 30.1 Å². The van der Waals surface area contributed by atoms with Crippen LogP contribution in [0.15, 0.2) is 58.0 Å². The van der Waals surface area contributed by atoms with Gasteiger partial charge in [0.15, 0.2) is 0 Å². The third kappa shape index (κ3) is 6.50. The molecule has 2 heterocycles. The van der Waals surface area contributed by atoms with Crippen LogP contribution in [-0.4, -0.2) is 45.6 Å². The van der Waals surface area contributed by atoms with Crippen LogP contribution in [0.5, 0.6) is 0 Å². The first-order valence-corrected chi connectivity index (χ1v) is 13.4. The molecule has 3 N–H and O–H groups in total. The summed E-state index contributed by atoms with van der Waals surface area (Å²) in [4.78, 5) is 20.1. The Labute approximate surface area is 224 Å². The number of nitrogens with zero attached hydrogens (tertiary/aromatic N) is 3. The average Bonchev–Trinajstić information content (AvgIpc) is 2.98. The number of halogens is 1. The number of hydrogen-bond acceptors (Lipinski definition) is 5. The molecule has 1 aliphatic rings. The lowest BCUT2D eigenvalue weighted by molar-refractivity contribution is 0.0606. The molecule has 0 aliphatic carbocycles. The molecule has 0 radical (unpaired) electrons. The second kappa shape index (κ2) is 11.2. The summed E-state index contributed by atoms with van der Waals surface area (Å²) in [5, 5.41) is 12.2. The minimum Gasteiger partial charge on any atom is -0.389 e. The van der Waals surface area contributed by atoms with Crippen molar-refractivity contribution in [1.82, 2.24) is 9.47 Å². The van der Waals surface area contributed by atoms with Crippen LogP contribution in [0.1, 0.15) is 52.5 Å². The quantitative estimate of drug-likeness (QED) is 0.363. The molecule has 4 rings (SSSR count). The van der Waals surface area contributed by atoms with Gasteiger partial charge in [-0.25, -0.2) is 4.99 Å². The normalized spacial score (nSPS) is 13.9. The molecule has 3 aromatic rings. The predicted molar refractivity (Wildman–Crippen MR) is 156 cm³/mol. The molecule has 0 fully saturated rings. The molecule has 0 atom stereocenters. The first-order valence-electron chi connectivity index (χ1n) is 13.0. The van der Waals surface area contributed by atoms with E-state index < -0.39 is 5.60 Å². The number of fused-ring (bicyclic) bond motifs is 2. The molecule has 0 saturated heterocycles. The van der Waals surface area contributed by atoms with E-state index in [1.54, 1.807) is 24.6 Å². The summed E-state index contributed by atoms with van der Waals surface area (Å²) < 4.78 is 1.55. The van der Waals surface area contributed by atoms with Crippen molar-refractivity contribution in [2.24, 2.45) is 10.7 Å². The fourth-order valence-electron chi connectivity index (χ4n) is 4.99. The number of aliphatic imine (C=N–C) groups is 1. The van der Waals surface area contributed by atoms with Crippen molar-refractivity contribution < 1.29 is 5.11 Å². The Morgan fingerprint density at radius 3 is 2.51 bits per heavy atom. The van der Waals surface area contributed by atoms with Crippen LogP contribution >= 0.6 is 11.6 Å². The van der Waals surface area contributed by atoms with E-state index >= 15 is 0 Å². The lowest BCUT2D eigenvalue weighted by atomic mass is 9.99. The first-order chi connectivity index (χ1) is 17.6. The van der Waals surface area contributed by atoms with E-state index in [-0.39, 0.29) is 12.1 Å². The Kier molecular flexibility index (Phi) is 8.22. The lowest BCUT2D eigenvalue weighted by Gasteiger charge is -2.22. The van der Waals surface area contributed by atoms with Crippen molar-refractivity contribution in [3.8, 4) is 11.1 Å². The molecule has 2 aromatic carbocycles. The average molecular weight is 521 g/mol. The molecule has 1 aliphatic heterocycles. The van der Waals surface area contributed by atoms with Crippen molar-refractivity contribution >= 4 is 40.0 Å². The Morgan fingerprint density at radius 2 is 1.84 bits per heavy atom. The summed E-state index contributed by atoms with van der Waals surface area (Å²) in [6.07, 6.45) is 6.72. The van der Waals surface area contributed by atoms with Crippen LogP contribution in [0.25, 0.3) is 28.0 Å². The predicted octanol–water partition coefficient (Wildman–Crippen LogP) is 5.99. The van der Waals surface area contributed by atoms with Gasteiger partial charge in [0.1, 0.15) is 5.84 Å². The van der Waals surface area contributed by atoms with Crippen molar-refractivity contribution in [3.05, 3.63) is 69.1 Å². The van der Waals surface area contributed by atoms with Gasteiger partial charge in [0.2, 0.25) is 0 Å². The molecule has 0 spiro atoms. The fourth-order valence-corrected chi connectivity index (χ4v) is 5.26. The highest BCUT2D eigenvalue weighted by molar-refractivity contribution is 6.33. The molecule has 1 aromatic heterocycles. The SMILES string of the molecule is CCCN(CCC)CC1=Cc2c(Cl)cc(-c3ccc4c(=O)n(CC(C)(C)O)ccc4c3)cc2N=C(N)C1. The molecular formula is C30H37ClN4O2. The number of aromatic nitrogens is 1. The summed E-state index contributed by atoms with van der Waals surface area (Å²) >= 11 is 6.82. The number of nitrogens with two attached hydrogens (primary N) is 1. The lowest BCUT2D eigenvalue weighted by Crippen LogP contribution is -2.32. The van der Waals surface area contributed by atoms with Gasteiger partial charge in [0.25, 0.3) is 5.56 Å². The zero-order valence-electron chi connectivity index (χ0n) is 22.2. The maximum atomic E-state index is 13.0. The van der Waals surface area contributed by atoms with Crippen LogP contribution in [0.3, 0.4) is 0 Å². The number of hydrogen-bond donors (Lipinski definition) is 2. The van der Waals surface area contributed by atoms with E-state index in [0.29, 0.717) is 22.7 Å². The Hall–Kier alpha value is -2.93. The summed E-state index contributed by atoms with van der Waals surface area (Å²) in [5.41, 5.74) is 9.96. The second-order valence-electron chi connectivity index (χ2n) is 10.6. The van der Waals surface area contributed by atoms with E-state index in [2.05, 4.69) is 24.8 Å². The van der Waals surface area contributed by atoms with E-state index in [1.165, 1.54) is 5.57 Å². The smallest absolute Gasteiger partial charge is 0.258 e. The van der Waals surface area contributed by atoms with Gasteiger partial charge in [-0.15, -0.1) is 0 Å².